The van der Waals surface area contributed by atoms with Crippen LogP contribution in [0, 0.1) is 11.7 Å². The highest BCUT2D eigenvalue weighted by atomic mass is 32.2. The van der Waals surface area contributed by atoms with Gasteiger partial charge < -0.3 is 10.6 Å². The molecular formula is C15H21FN2O3S. The minimum atomic E-state index is -2.88. The van der Waals surface area contributed by atoms with Gasteiger partial charge in [-0.3, -0.25) is 0 Å². The van der Waals surface area contributed by atoms with Crippen molar-refractivity contribution >= 4 is 21.6 Å². The lowest BCUT2D eigenvalue weighted by Crippen LogP contribution is -2.36. The summed E-state index contributed by atoms with van der Waals surface area (Å²) in [5.74, 6) is 0.209. The topological polar surface area (TPSA) is 75.3 Å². The molecule has 2 rings (SSSR count). The molecule has 1 fully saturated rings. The fraction of sp³-hybridized carbons (Fsp3) is 0.533. The first kappa shape index (κ1) is 16.7. The highest BCUT2D eigenvalue weighted by Gasteiger charge is 2.23. The SMILES string of the molecule is CCc1ccc(NC(=O)NCC2CCS(=O)(=O)CC2)cc1F. The molecule has 1 aromatic rings. The highest BCUT2D eigenvalue weighted by Crippen LogP contribution is 2.18. The first-order valence-corrected chi connectivity index (χ1v) is 9.25. The van der Waals surface area contributed by atoms with Gasteiger partial charge in [-0.2, -0.15) is 0 Å². The van der Waals surface area contributed by atoms with Crippen LogP contribution in [0.4, 0.5) is 14.9 Å². The molecule has 0 aromatic heterocycles. The summed E-state index contributed by atoms with van der Waals surface area (Å²) in [4.78, 5) is 11.8. The van der Waals surface area contributed by atoms with E-state index in [-0.39, 0.29) is 23.2 Å². The molecule has 1 aliphatic rings. The first-order chi connectivity index (χ1) is 10.4. The smallest absolute Gasteiger partial charge is 0.319 e. The number of hydrogen-bond donors (Lipinski definition) is 2. The molecule has 1 heterocycles. The molecule has 1 aromatic carbocycles. The Balaban J connectivity index is 1.80. The van der Waals surface area contributed by atoms with E-state index in [9.17, 15) is 17.6 Å². The van der Waals surface area contributed by atoms with Crippen molar-refractivity contribution in [1.82, 2.24) is 5.32 Å². The maximum atomic E-state index is 13.6. The van der Waals surface area contributed by atoms with E-state index < -0.39 is 15.9 Å². The number of rotatable bonds is 4. The van der Waals surface area contributed by atoms with E-state index in [1.54, 1.807) is 12.1 Å². The fourth-order valence-corrected chi connectivity index (χ4v) is 4.06. The van der Waals surface area contributed by atoms with E-state index in [2.05, 4.69) is 10.6 Å². The quantitative estimate of drug-likeness (QED) is 0.891. The van der Waals surface area contributed by atoms with Crippen molar-refractivity contribution in [3.8, 4) is 0 Å². The van der Waals surface area contributed by atoms with Crippen LogP contribution in [0.5, 0.6) is 0 Å². The van der Waals surface area contributed by atoms with Gasteiger partial charge in [-0.1, -0.05) is 13.0 Å². The van der Waals surface area contributed by atoms with Crippen molar-refractivity contribution in [1.29, 1.82) is 0 Å². The van der Waals surface area contributed by atoms with Gasteiger partial charge in [0, 0.05) is 12.2 Å². The Morgan fingerprint density at radius 2 is 2.00 bits per heavy atom. The molecule has 0 atom stereocenters. The largest absolute Gasteiger partial charge is 0.338 e. The Labute approximate surface area is 130 Å². The van der Waals surface area contributed by atoms with Gasteiger partial charge in [-0.05, 0) is 42.9 Å². The molecule has 0 bridgehead atoms. The number of benzene rings is 1. The van der Waals surface area contributed by atoms with Crippen LogP contribution in [0.2, 0.25) is 0 Å². The van der Waals surface area contributed by atoms with E-state index in [0.29, 0.717) is 37.1 Å². The van der Waals surface area contributed by atoms with Gasteiger partial charge in [-0.15, -0.1) is 0 Å². The van der Waals surface area contributed by atoms with Crippen LogP contribution in [0.3, 0.4) is 0 Å². The Bertz CT molecular complexity index is 632. The number of nitrogens with one attached hydrogen (secondary N) is 2. The molecule has 1 aliphatic heterocycles. The molecule has 0 radical (unpaired) electrons. The lowest BCUT2D eigenvalue weighted by atomic mass is 10.0. The minimum Gasteiger partial charge on any atom is -0.338 e. The molecule has 5 nitrogen and oxygen atoms in total. The summed E-state index contributed by atoms with van der Waals surface area (Å²) in [7, 11) is -2.88. The zero-order chi connectivity index (χ0) is 16.2. The van der Waals surface area contributed by atoms with Gasteiger partial charge in [0.25, 0.3) is 0 Å². The number of aryl methyl sites for hydroxylation is 1. The molecule has 0 unspecified atom stereocenters. The highest BCUT2D eigenvalue weighted by molar-refractivity contribution is 7.91. The summed E-state index contributed by atoms with van der Waals surface area (Å²) in [5, 5.41) is 5.29. The van der Waals surface area contributed by atoms with E-state index >= 15 is 0 Å². The summed E-state index contributed by atoms with van der Waals surface area (Å²) in [6, 6.07) is 4.20. The summed E-state index contributed by atoms with van der Waals surface area (Å²) >= 11 is 0. The average molecular weight is 328 g/mol. The second-order valence-corrected chi connectivity index (χ2v) is 7.89. The number of sulfone groups is 1. The number of halogens is 1. The summed E-state index contributed by atoms with van der Waals surface area (Å²) in [6.07, 6.45) is 1.74. The molecule has 7 heteroatoms. The lowest BCUT2D eigenvalue weighted by Gasteiger charge is -2.22. The number of carbonyl (C=O) groups excluding carboxylic acids is 1. The molecule has 122 valence electrons. The number of amides is 2. The Kier molecular flexibility index (Phi) is 5.39. The van der Waals surface area contributed by atoms with Gasteiger partial charge in [0.05, 0.1) is 11.5 Å². The Morgan fingerprint density at radius 3 is 2.59 bits per heavy atom. The average Bonchev–Trinajstić information content (AvgIpc) is 2.46. The van der Waals surface area contributed by atoms with Crippen molar-refractivity contribution in [2.45, 2.75) is 26.2 Å². The van der Waals surface area contributed by atoms with Crippen molar-refractivity contribution in [2.75, 3.05) is 23.4 Å². The number of urea groups is 1. The van der Waals surface area contributed by atoms with Crippen LogP contribution >= 0.6 is 0 Å². The van der Waals surface area contributed by atoms with Crippen molar-refractivity contribution < 1.29 is 17.6 Å². The number of anilines is 1. The molecule has 0 spiro atoms. The van der Waals surface area contributed by atoms with Gasteiger partial charge >= 0.3 is 6.03 Å². The predicted octanol–water partition coefficient (Wildman–Crippen LogP) is 2.33. The Hall–Kier alpha value is -1.63. The zero-order valence-electron chi connectivity index (χ0n) is 12.6. The molecular weight excluding hydrogens is 307 g/mol. The van der Waals surface area contributed by atoms with E-state index in [4.69, 9.17) is 0 Å². The van der Waals surface area contributed by atoms with E-state index in [1.807, 2.05) is 6.92 Å². The Morgan fingerprint density at radius 1 is 1.32 bits per heavy atom. The van der Waals surface area contributed by atoms with E-state index in [1.165, 1.54) is 6.07 Å². The lowest BCUT2D eigenvalue weighted by molar-refractivity contribution is 0.249. The van der Waals surface area contributed by atoms with Crippen LogP contribution in [-0.4, -0.2) is 32.5 Å². The minimum absolute atomic E-state index is 0.175. The molecule has 0 saturated carbocycles. The molecule has 22 heavy (non-hydrogen) atoms. The summed E-state index contributed by atoms with van der Waals surface area (Å²) in [5.41, 5.74) is 1.01. The maximum Gasteiger partial charge on any atom is 0.319 e. The van der Waals surface area contributed by atoms with E-state index in [0.717, 1.165) is 0 Å². The summed E-state index contributed by atoms with van der Waals surface area (Å²) < 4.78 is 36.3. The second-order valence-electron chi connectivity index (χ2n) is 5.59. The fourth-order valence-electron chi connectivity index (χ4n) is 2.47. The molecule has 1 saturated heterocycles. The second kappa shape index (κ2) is 7.09. The van der Waals surface area contributed by atoms with Crippen molar-refractivity contribution in [3.63, 3.8) is 0 Å². The summed E-state index contributed by atoms with van der Waals surface area (Å²) in [6.45, 7) is 2.29. The van der Waals surface area contributed by atoms with Gasteiger partial charge in [0.15, 0.2) is 0 Å². The molecule has 0 aliphatic carbocycles. The third kappa shape index (κ3) is 4.69. The number of hydrogen-bond acceptors (Lipinski definition) is 3. The number of carbonyl (C=O) groups is 1. The van der Waals surface area contributed by atoms with Gasteiger partial charge in [0.2, 0.25) is 0 Å². The van der Waals surface area contributed by atoms with Crippen LogP contribution in [0.25, 0.3) is 0 Å². The maximum absolute atomic E-state index is 13.6. The van der Waals surface area contributed by atoms with Crippen LogP contribution < -0.4 is 10.6 Å². The van der Waals surface area contributed by atoms with Crippen LogP contribution in [-0.2, 0) is 16.3 Å². The first-order valence-electron chi connectivity index (χ1n) is 7.43. The van der Waals surface area contributed by atoms with Gasteiger partial charge in [-0.25, -0.2) is 17.6 Å². The van der Waals surface area contributed by atoms with Crippen molar-refractivity contribution in [3.05, 3.63) is 29.6 Å². The zero-order valence-corrected chi connectivity index (χ0v) is 13.4. The normalized spacial score (nSPS) is 17.9. The standard InChI is InChI=1S/C15H21FN2O3S/c1-2-12-3-4-13(9-14(12)16)18-15(19)17-10-11-5-7-22(20,21)8-6-11/h3-4,9,11H,2,5-8,10H2,1H3,(H2,17,18,19). The molecule has 2 N–H and O–H groups in total. The van der Waals surface area contributed by atoms with Crippen LogP contribution in [0.1, 0.15) is 25.3 Å². The third-order valence-electron chi connectivity index (χ3n) is 3.92. The molecule has 2 amide bonds. The predicted molar refractivity (Wildman–Crippen MR) is 84.2 cm³/mol. The van der Waals surface area contributed by atoms with Crippen molar-refractivity contribution in [2.24, 2.45) is 5.92 Å². The monoisotopic (exact) mass is 328 g/mol. The van der Waals surface area contributed by atoms with Crippen LogP contribution in [0.15, 0.2) is 18.2 Å². The van der Waals surface area contributed by atoms with Gasteiger partial charge in [0.1, 0.15) is 15.7 Å². The third-order valence-corrected chi connectivity index (χ3v) is 5.63.